The van der Waals surface area contributed by atoms with E-state index in [0.717, 1.165) is 19.0 Å². The molecule has 0 bridgehead atoms. The van der Waals surface area contributed by atoms with Crippen molar-refractivity contribution in [2.24, 2.45) is 5.92 Å². The Morgan fingerprint density at radius 1 is 1.11 bits per heavy atom. The minimum absolute atomic E-state index is 0.00656. The van der Waals surface area contributed by atoms with Gasteiger partial charge < -0.3 is 5.32 Å². The van der Waals surface area contributed by atoms with E-state index in [2.05, 4.69) is 39.2 Å². The number of hydrogen-bond donors (Lipinski definition) is 1. The van der Waals surface area contributed by atoms with Gasteiger partial charge in [-0.1, -0.05) is 19.9 Å². The van der Waals surface area contributed by atoms with Gasteiger partial charge in [-0.15, -0.1) is 0 Å². The molecule has 0 aliphatic rings. The maximum atomic E-state index is 13.2. The maximum Gasteiger partial charge on any atom is 0.433 e. The molecular weight excluding hydrogens is 357 g/mol. The highest BCUT2D eigenvalue weighted by molar-refractivity contribution is 5.57. The summed E-state index contributed by atoms with van der Waals surface area (Å²) in [5, 5.41) is 7.14. The van der Waals surface area contributed by atoms with Crippen molar-refractivity contribution >= 4 is 11.6 Å². The highest BCUT2D eigenvalue weighted by Gasteiger charge is 2.34. The Labute approximate surface area is 154 Å². The third kappa shape index (κ3) is 5.02. The molecule has 6 nitrogen and oxygen atoms in total. The molecule has 142 valence electrons. The van der Waals surface area contributed by atoms with Crippen molar-refractivity contribution in [3.8, 4) is 11.5 Å². The van der Waals surface area contributed by atoms with Crippen LogP contribution in [0.5, 0.6) is 0 Å². The van der Waals surface area contributed by atoms with Crippen molar-refractivity contribution in [3.05, 3.63) is 48.4 Å². The van der Waals surface area contributed by atoms with Gasteiger partial charge in [0.1, 0.15) is 11.5 Å². The van der Waals surface area contributed by atoms with E-state index in [9.17, 15) is 13.2 Å². The highest BCUT2D eigenvalue weighted by Crippen LogP contribution is 2.31. The summed E-state index contributed by atoms with van der Waals surface area (Å²) in [6, 6.07) is 7.44. The number of halogens is 3. The molecule has 0 aliphatic carbocycles. The highest BCUT2D eigenvalue weighted by atomic mass is 19.4. The number of nitrogens with one attached hydrogen (secondary N) is 1. The fourth-order valence-electron chi connectivity index (χ4n) is 2.34. The molecule has 0 fully saturated rings. The largest absolute Gasteiger partial charge is 0.433 e. The third-order valence-electron chi connectivity index (χ3n) is 3.74. The molecule has 0 saturated carbocycles. The Kier molecular flexibility index (Phi) is 5.38. The zero-order valence-electron chi connectivity index (χ0n) is 14.9. The number of aromatic nitrogens is 5. The van der Waals surface area contributed by atoms with Crippen LogP contribution in [-0.4, -0.2) is 24.7 Å². The first-order chi connectivity index (χ1) is 12.8. The lowest BCUT2D eigenvalue weighted by Crippen LogP contribution is -2.11. The van der Waals surface area contributed by atoms with Crippen LogP contribution < -0.4 is 5.32 Å². The van der Waals surface area contributed by atoms with Gasteiger partial charge in [0, 0.05) is 31.1 Å². The number of pyridine rings is 1. The van der Waals surface area contributed by atoms with Crippen LogP contribution in [0.1, 0.15) is 26.0 Å². The molecule has 3 heterocycles. The van der Waals surface area contributed by atoms with E-state index < -0.39 is 11.9 Å². The molecule has 0 aliphatic heterocycles. The van der Waals surface area contributed by atoms with E-state index >= 15 is 0 Å². The lowest BCUT2D eigenvalue weighted by molar-refractivity contribution is -0.141. The summed E-state index contributed by atoms with van der Waals surface area (Å²) in [6.07, 6.45) is -0.394. The maximum absolute atomic E-state index is 13.2. The molecule has 0 radical (unpaired) electrons. The lowest BCUT2D eigenvalue weighted by Gasteiger charge is -2.10. The van der Waals surface area contributed by atoms with Gasteiger partial charge >= 0.3 is 6.18 Å². The van der Waals surface area contributed by atoms with E-state index in [4.69, 9.17) is 0 Å². The molecule has 3 aromatic heterocycles. The van der Waals surface area contributed by atoms with E-state index in [1.54, 1.807) is 35.1 Å². The standard InChI is InChI=1S/C18H19F3N6/c1-12(2)6-9-27-10-7-15(26-27)24-16-11-14(18(19,20)21)23-17(25-16)13-5-3-4-8-22-13/h3-5,7-8,10-12H,6,9H2,1-2H3,(H,23,24,25,26). The van der Waals surface area contributed by atoms with Crippen LogP contribution in [-0.2, 0) is 12.7 Å². The van der Waals surface area contributed by atoms with E-state index in [-0.39, 0.29) is 17.3 Å². The van der Waals surface area contributed by atoms with Gasteiger partial charge in [-0.25, -0.2) is 9.97 Å². The van der Waals surface area contributed by atoms with Crippen LogP contribution in [0.25, 0.3) is 11.5 Å². The molecular formula is C18H19F3N6. The van der Waals surface area contributed by atoms with E-state index in [1.807, 2.05) is 0 Å². The Hall–Kier alpha value is -2.97. The zero-order valence-corrected chi connectivity index (χ0v) is 14.9. The average molecular weight is 376 g/mol. The van der Waals surface area contributed by atoms with Crippen molar-refractivity contribution in [1.29, 1.82) is 0 Å². The second-order valence-corrected chi connectivity index (χ2v) is 6.45. The number of anilines is 2. The summed E-state index contributed by atoms with van der Waals surface area (Å²) in [5.74, 6) is 0.847. The zero-order chi connectivity index (χ0) is 19.4. The van der Waals surface area contributed by atoms with E-state index in [1.165, 1.54) is 6.20 Å². The fourth-order valence-corrected chi connectivity index (χ4v) is 2.34. The molecule has 0 atom stereocenters. The SMILES string of the molecule is CC(C)CCn1ccc(Nc2cc(C(F)(F)F)nc(-c3ccccn3)n2)n1. The van der Waals surface area contributed by atoms with Gasteiger partial charge in [-0.05, 0) is 24.5 Å². The summed E-state index contributed by atoms with van der Waals surface area (Å²) in [4.78, 5) is 11.8. The van der Waals surface area contributed by atoms with Crippen LogP contribution >= 0.6 is 0 Å². The third-order valence-corrected chi connectivity index (χ3v) is 3.74. The minimum atomic E-state index is -4.60. The second kappa shape index (κ2) is 7.73. The topological polar surface area (TPSA) is 68.5 Å². The molecule has 1 N–H and O–H groups in total. The first-order valence-corrected chi connectivity index (χ1v) is 8.49. The summed E-state index contributed by atoms with van der Waals surface area (Å²) >= 11 is 0. The molecule has 0 saturated heterocycles. The van der Waals surface area contributed by atoms with Crippen LogP contribution in [0.15, 0.2) is 42.7 Å². The Bertz CT molecular complexity index is 890. The molecule has 0 unspecified atom stereocenters. The predicted molar refractivity (Wildman–Crippen MR) is 95.2 cm³/mol. The lowest BCUT2D eigenvalue weighted by atomic mass is 10.1. The predicted octanol–water partition coefficient (Wildman–Crippen LogP) is 4.54. The molecule has 3 aromatic rings. The van der Waals surface area contributed by atoms with Gasteiger partial charge in [0.05, 0.1) is 0 Å². The Balaban J connectivity index is 1.88. The average Bonchev–Trinajstić information content (AvgIpc) is 3.07. The molecule has 0 amide bonds. The molecule has 0 spiro atoms. The van der Waals surface area contributed by atoms with Crippen molar-refractivity contribution in [2.45, 2.75) is 33.0 Å². The number of rotatable bonds is 6. The first kappa shape index (κ1) is 18.8. The number of aryl methyl sites for hydroxylation is 1. The van der Waals surface area contributed by atoms with Crippen molar-refractivity contribution in [2.75, 3.05) is 5.32 Å². The molecule has 9 heteroatoms. The summed E-state index contributed by atoms with van der Waals surface area (Å²) in [5.41, 5.74) is -0.783. The van der Waals surface area contributed by atoms with Crippen LogP contribution in [0.3, 0.4) is 0 Å². The van der Waals surface area contributed by atoms with Gasteiger partial charge in [0.2, 0.25) is 0 Å². The Morgan fingerprint density at radius 3 is 2.59 bits per heavy atom. The number of alkyl halides is 3. The van der Waals surface area contributed by atoms with Gasteiger partial charge in [-0.3, -0.25) is 9.67 Å². The summed E-state index contributed by atoms with van der Waals surface area (Å²) < 4.78 is 41.4. The van der Waals surface area contributed by atoms with Crippen molar-refractivity contribution in [3.63, 3.8) is 0 Å². The fraction of sp³-hybridized carbons (Fsp3) is 0.333. The quantitative estimate of drug-likeness (QED) is 0.684. The Morgan fingerprint density at radius 2 is 1.93 bits per heavy atom. The molecule has 0 aromatic carbocycles. The van der Waals surface area contributed by atoms with Gasteiger partial charge in [0.15, 0.2) is 17.3 Å². The van der Waals surface area contributed by atoms with Gasteiger partial charge in [-0.2, -0.15) is 18.3 Å². The minimum Gasteiger partial charge on any atom is -0.323 e. The van der Waals surface area contributed by atoms with Crippen LogP contribution in [0, 0.1) is 5.92 Å². The van der Waals surface area contributed by atoms with Crippen LogP contribution in [0.2, 0.25) is 0 Å². The number of nitrogens with zero attached hydrogens (tertiary/aromatic N) is 5. The molecule has 27 heavy (non-hydrogen) atoms. The molecule has 3 rings (SSSR count). The van der Waals surface area contributed by atoms with E-state index in [0.29, 0.717) is 11.7 Å². The first-order valence-electron chi connectivity index (χ1n) is 8.49. The monoisotopic (exact) mass is 376 g/mol. The second-order valence-electron chi connectivity index (χ2n) is 6.45. The number of hydrogen-bond acceptors (Lipinski definition) is 5. The van der Waals surface area contributed by atoms with Gasteiger partial charge in [0.25, 0.3) is 0 Å². The van der Waals surface area contributed by atoms with Crippen molar-refractivity contribution < 1.29 is 13.2 Å². The normalized spacial score (nSPS) is 11.8. The summed E-state index contributed by atoms with van der Waals surface area (Å²) in [7, 11) is 0. The van der Waals surface area contributed by atoms with Crippen LogP contribution in [0.4, 0.5) is 24.8 Å². The smallest absolute Gasteiger partial charge is 0.323 e. The summed E-state index contributed by atoms with van der Waals surface area (Å²) in [6.45, 7) is 4.96. The van der Waals surface area contributed by atoms with Crippen molar-refractivity contribution in [1.82, 2.24) is 24.7 Å².